The van der Waals surface area contributed by atoms with Gasteiger partial charge in [0.15, 0.2) is 5.13 Å². The van der Waals surface area contributed by atoms with Gasteiger partial charge in [0, 0.05) is 23.1 Å². The van der Waals surface area contributed by atoms with Gasteiger partial charge in [-0.2, -0.15) is 0 Å². The first kappa shape index (κ1) is 23.7. The summed E-state index contributed by atoms with van der Waals surface area (Å²) in [5.41, 5.74) is 1.52. The van der Waals surface area contributed by atoms with Crippen molar-refractivity contribution >= 4 is 48.5 Å². The van der Waals surface area contributed by atoms with Crippen LogP contribution >= 0.6 is 27.3 Å². The van der Waals surface area contributed by atoms with Crippen LogP contribution in [0.1, 0.15) is 44.0 Å². The average Bonchev–Trinajstić information content (AvgIpc) is 3.19. The fraction of sp³-hybridized carbons (Fsp3) is 0.417. The zero-order chi connectivity index (χ0) is 22.2. The molecule has 0 aliphatic heterocycles. The van der Waals surface area contributed by atoms with Crippen LogP contribution in [0.3, 0.4) is 0 Å². The van der Waals surface area contributed by atoms with E-state index in [9.17, 15) is 4.79 Å². The number of fused-ring (bicyclic) bond motifs is 1. The van der Waals surface area contributed by atoms with Crippen LogP contribution in [-0.4, -0.2) is 48.6 Å². The monoisotopic (exact) mass is 503 g/mol. The van der Waals surface area contributed by atoms with Gasteiger partial charge in [0.2, 0.25) is 0 Å². The quantitative estimate of drug-likeness (QED) is 0.291. The number of amides is 1. The molecule has 0 saturated carbocycles. The van der Waals surface area contributed by atoms with Crippen LogP contribution in [0.15, 0.2) is 46.9 Å². The number of rotatable bonds is 11. The fourth-order valence-electron chi connectivity index (χ4n) is 3.28. The van der Waals surface area contributed by atoms with Crippen molar-refractivity contribution in [1.29, 1.82) is 0 Å². The number of anilines is 1. The molecule has 166 valence electrons. The summed E-state index contributed by atoms with van der Waals surface area (Å²) in [6.07, 6.45) is 2.07. The largest absolute Gasteiger partial charge is 0.494 e. The van der Waals surface area contributed by atoms with Crippen molar-refractivity contribution in [2.75, 3.05) is 37.7 Å². The van der Waals surface area contributed by atoms with Gasteiger partial charge in [-0.25, -0.2) is 4.98 Å². The number of unbranched alkanes of at least 4 members (excludes halogenated alkanes) is 1. The van der Waals surface area contributed by atoms with Crippen molar-refractivity contribution in [3.8, 4) is 5.75 Å². The second kappa shape index (κ2) is 11.6. The molecule has 31 heavy (non-hydrogen) atoms. The molecule has 0 unspecified atom stereocenters. The van der Waals surface area contributed by atoms with Crippen LogP contribution in [0.4, 0.5) is 5.13 Å². The summed E-state index contributed by atoms with van der Waals surface area (Å²) in [6, 6.07) is 13.5. The second-order valence-electron chi connectivity index (χ2n) is 7.32. The molecular weight excluding hydrogens is 474 g/mol. The number of thiazole rings is 1. The lowest BCUT2D eigenvalue weighted by atomic mass is 10.2. The first-order valence-corrected chi connectivity index (χ1v) is 12.5. The maximum atomic E-state index is 13.6. The third-order valence-electron chi connectivity index (χ3n) is 5.20. The van der Waals surface area contributed by atoms with Crippen molar-refractivity contribution in [2.45, 2.75) is 33.6 Å². The van der Waals surface area contributed by atoms with Crippen LogP contribution in [0.25, 0.3) is 10.2 Å². The number of carbonyl (C=O) groups excluding carboxylic acids is 1. The molecule has 7 heteroatoms. The van der Waals surface area contributed by atoms with E-state index in [0.29, 0.717) is 18.7 Å². The molecule has 0 spiro atoms. The summed E-state index contributed by atoms with van der Waals surface area (Å²) < 4.78 is 7.88. The molecule has 1 amide bonds. The molecule has 3 rings (SSSR count). The minimum absolute atomic E-state index is 0.0498. The van der Waals surface area contributed by atoms with Crippen molar-refractivity contribution in [1.82, 2.24) is 9.88 Å². The van der Waals surface area contributed by atoms with Gasteiger partial charge in [-0.1, -0.05) is 60.5 Å². The fourth-order valence-corrected chi connectivity index (χ4v) is 4.82. The van der Waals surface area contributed by atoms with Gasteiger partial charge in [0.05, 0.1) is 16.8 Å². The molecule has 0 aliphatic carbocycles. The van der Waals surface area contributed by atoms with E-state index >= 15 is 0 Å². The number of likely N-dealkylation sites (N-methyl/N-ethyl adjacent to an activating group) is 1. The zero-order valence-electron chi connectivity index (χ0n) is 18.4. The second-order valence-corrected chi connectivity index (χ2v) is 9.25. The molecular formula is C24H30BrN3O2S. The third kappa shape index (κ3) is 6.28. The average molecular weight is 504 g/mol. The Morgan fingerprint density at radius 1 is 1.10 bits per heavy atom. The van der Waals surface area contributed by atoms with Gasteiger partial charge in [0.1, 0.15) is 5.75 Å². The van der Waals surface area contributed by atoms with E-state index in [1.165, 1.54) is 0 Å². The van der Waals surface area contributed by atoms with Crippen molar-refractivity contribution in [3.05, 3.63) is 52.5 Å². The normalized spacial score (nSPS) is 11.3. The van der Waals surface area contributed by atoms with Crippen molar-refractivity contribution < 1.29 is 9.53 Å². The highest BCUT2D eigenvalue weighted by Crippen LogP contribution is 2.32. The van der Waals surface area contributed by atoms with Crippen LogP contribution in [0.5, 0.6) is 5.75 Å². The lowest BCUT2D eigenvalue weighted by Crippen LogP contribution is -2.38. The molecule has 0 aliphatic rings. The summed E-state index contributed by atoms with van der Waals surface area (Å²) in [5, 5.41) is 0.725. The number of aromatic nitrogens is 1. The maximum absolute atomic E-state index is 13.6. The summed E-state index contributed by atoms with van der Waals surface area (Å²) >= 11 is 5.07. The summed E-state index contributed by atoms with van der Waals surface area (Å²) in [4.78, 5) is 22.5. The number of halogens is 1. The smallest absolute Gasteiger partial charge is 0.260 e. The van der Waals surface area contributed by atoms with Crippen LogP contribution in [-0.2, 0) is 0 Å². The minimum Gasteiger partial charge on any atom is -0.494 e. The Balaban J connectivity index is 1.89. The first-order chi connectivity index (χ1) is 15.0. The third-order valence-corrected chi connectivity index (χ3v) is 6.73. The Hall–Kier alpha value is -1.96. The number of carbonyl (C=O) groups is 1. The van der Waals surface area contributed by atoms with E-state index in [4.69, 9.17) is 9.72 Å². The number of nitrogens with zero attached hydrogens (tertiary/aromatic N) is 3. The van der Waals surface area contributed by atoms with Crippen molar-refractivity contribution in [2.24, 2.45) is 0 Å². The molecule has 0 radical (unpaired) electrons. The van der Waals surface area contributed by atoms with E-state index < -0.39 is 0 Å². The molecule has 3 aromatic rings. The van der Waals surface area contributed by atoms with Crippen LogP contribution in [0, 0.1) is 0 Å². The van der Waals surface area contributed by atoms with Gasteiger partial charge in [-0.3, -0.25) is 9.69 Å². The Morgan fingerprint density at radius 2 is 1.90 bits per heavy atom. The van der Waals surface area contributed by atoms with Crippen molar-refractivity contribution in [3.63, 3.8) is 0 Å². The highest BCUT2D eigenvalue weighted by Gasteiger charge is 2.22. The van der Waals surface area contributed by atoms with E-state index in [2.05, 4.69) is 41.6 Å². The summed E-state index contributed by atoms with van der Waals surface area (Å²) in [7, 11) is 0. The molecule has 0 N–H and O–H groups in total. The highest BCUT2D eigenvalue weighted by molar-refractivity contribution is 9.10. The SMILES string of the molecule is CCCCOc1cccc(C(=O)N(CCN(CC)CC)c2nc3ccc(Br)cc3s2)c1. The molecule has 0 fully saturated rings. The van der Waals surface area contributed by atoms with Gasteiger partial charge < -0.3 is 9.64 Å². The lowest BCUT2D eigenvalue weighted by Gasteiger charge is -2.25. The first-order valence-electron chi connectivity index (χ1n) is 10.9. The predicted molar refractivity (Wildman–Crippen MR) is 134 cm³/mol. The molecule has 2 aromatic carbocycles. The number of ether oxygens (including phenoxy) is 1. The highest BCUT2D eigenvalue weighted by atomic mass is 79.9. The van der Waals surface area contributed by atoms with E-state index in [1.807, 2.05) is 47.4 Å². The minimum atomic E-state index is -0.0498. The van der Waals surface area contributed by atoms with Gasteiger partial charge >= 0.3 is 0 Å². The Morgan fingerprint density at radius 3 is 2.65 bits per heavy atom. The lowest BCUT2D eigenvalue weighted by molar-refractivity contribution is 0.0983. The molecule has 1 heterocycles. The van der Waals surface area contributed by atoms with E-state index in [-0.39, 0.29) is 5.91 Å². The Bertz CT molecular complexity index is 1000. The zero-order valence-corrected chi connectivity index (χ0v) is 20.8. The molecule has 1 aromatic heterocycles. The van der Waals surface area contributed by atoms with Crippen LogP contribution < -0.4 is 9.64 Å². The standard InChI is InChI=1S/C24H30BrN3O2S/c1-4-7-15-30-20-10-8-9-18(16-20)23(29)28(14-13-27(5-2)6-3)24-26-21-12-11-19(25)17-22(21)31-24/h8-12,16-17H,4-7,13-15H2,1-3H3. The predicted octanol–water partition coefficient (Wildman–Crippen LogP) is 6.23. The Kier molecular flexibility index (Phi) is 8.87. The van der Waals surface area contributed by atoms with Gasteiger partial charge in [0.25, 0.3) is 5.91 Å². The van der Waals surface area contributed by atoms with E-state index in [1.54, 1.807) is 11.3 Å². The summed E-state index contributed by atoms with van der Waals surface area (Å²) in [5.74, 6) is 0.683. The molecule has 0 atom stereocenters. The number of hydrogen-bond donors (Lipinski definition) is 0. The van der Waals surface area contributed by atoms with Crippen LogP contribution in [0.2, 0.25) is 0 Å². The molecule has 0 saturated heterocycles. The molecule has 0 bridgehead atoms. The number of hydrogen-bond acceptors (Lipinski definition) is 5. The van der Waals surface area contributed by atoms with Gasteiger partial charge in [-0.15, -0.1) is 0 Å². The van der Waals surface area contributed by atoms with E-state index in [0.717, 1.165) is 58.0 Å². The maximum Gasteiger partial charge on any atom is 0.260 e. The molecule has 5 nitrogen and oxygen atoms in total. The summed E-state index contributed by atoms with van der Waals surface area (Å²) in [6.45, 7) is 10.4. The Labute approximate surface area is 197 Å². The van der Waals surface area contributed by atoms with Gasteiger partial charge in [-0.05, 0) is 55.9 Å². The topological polar surface area (TPSA) is 45.7 Å². The number of benzene rings is 2.